The van der Waals surface area contributed by atoms with Crippen LogP contribution in [0.15, 0.2) is 16.8 Å². The van der Waals surface area contributed by atoms with Gasteiger partial charge in [0.25, 0.3) is 5.91 Å². The highest BCUT2D eigenvalue weighted by molar-refractivity contribution is 6.33. The van der Waals surface area contributed by atoms with Crippen molar-refractivity contribution in [1.82, 2.24) is 15.0 Å². The quantitative estimate of drug-likeness (QED) is 0.785. The van der Waals surface area contributed by atoms with Crippen molar-refractivity contribution in [3.63, 3.8) is 0 Å². The molecule has 3 heterocycles. The molecular weight excluding hydrogens is 385 g/mol. The van der Waals surface area contributed by atoms with E-state index in [0.29, 0.717) is 49.6 Å². The number of piperazine rings is 1. The molecule has 0 N–H and O–H groups in total. The number of hydrogen-bond acceptors (Lipinski definition) is 5. The number of anilines is 1. The lowest BCUT2D eigenvalue weighted by atomic mass is 10.1. The first kappa shape index (κ1) is 19.5. The summed E-state index contributed by atoms with van der Waals surface area (Å²) in [7, 11) is 0. The Labute approximate surface area is 158 Å². The lowest BCUT2D eigenvalue weighted by Crippen LogP contribution is -2.49. The zero-order valence-corrected chi connectivity index (χ0v) is 15.6. The molecule has 1 saturated heterocycles. The molecule has 0 radical (unpaired) electrons. The van der Waals surface area contributed by atoms with E-state index in [1.807, 2.05) is 6.92 Å². The number of amides is 1. The van der Waals surface area contributed by atoms with Gasteiger partial charge in [0.2, 0.25) is 0 Å². The minimum Gasteiger partial charge on any atom is -0.361 e. The molecule has 6 nitrogen and oxygen atoms in total. The minimum absolute atomic E-state index is 0.0623. The van der Waals surface area contributed by atoms with E-state index in [0.717, 1.165) is 12.3 Å². The Hall–Kier alpha value is -2.29. The van der Waals surface area contributed by atoms with Gasteiger partial charge < -0.3 is 14.3 Å². The maximum Gasteiger partial charge on any atom is 0.417 e. The SMILES string of the molecule is CCc1noc(C)c1C(=O)N1CCN(c2ncc(C(F)(F)F)cc2Cl)CC1. The molecule has 10 heteroatoms. The van der Waals surface area contributed by atoms with Gasteiger partial charge in [0.05, 0.1) is 16.3 Å². The molecule has 1 aliphatic heterocycles. The van der Waals surface area contributed by atoms with Gasteiger partial charge in [-0.25, -0.2) is 4.98 Å². The van der Waals surface area contributed by atoms with E-state index in [-0.39, 0.29) is 16.7 Å². The summed E-state index contributed by atoms with van der Waals surface area (Å²) < 4.78 is 43.3. The number of nitrogens with zero attached hydrogens (tertiary/aromatic N) is 4. The molecule has 1 aliphatic rings. The zero-order valence-electron chi connectivity index (χ0n) is 14.8. The Kier molecular flexibility index (Phi) is 5.32. The fourth-order valence-corrected chi connectivity index (χ4v) is 3.32. The number of hydrogen-bond donors (Lipinski definition) is 0. The van der Waals surface area contributed by atoms with E-state index in [1.54, 1.807) is 16.7 Å². The lowest BCUT2D eigenvalue weighted by Gasteiger charge is -2.35. The average Bonchev–Trinajstić information content (AvgIpc) is 3.01. The molecule has 0 bridgehead atoms. The van der Waals surface area contributed by atoms with Crippen molar-refractivity contribution in [3.8, 4) is 0 Å². The molecule has 0 unspecified atom stereocenters. The van der Waals surface area contributed by atoms with Gasteiger partial charge in [0.15, 0.2) is 0 Å². The maximum absolute atomic E-state index is 12.8. The molecule has 1 fully saturated rings. The third-order valence-electron chi connectivity index (χ3n) is 4.50. The number of halogens is 4. The highest BCUT2D eigenvalue weighted by Gasteiger charge is 2.33. The summed E-state index contributed by atoms with van der Waals surface area (Å²) >= 11 is 6.00. The van der Waals surface area contributed by atoms with Crippen molar-refractivity contribution in [2.24, 2.45) is 0 Å². The number of carbonyl (C=O) groups is 1. The first-order chi connectivity index (χ1) is 12.7. The van der Waals surface area contributed by atoms with Crippen LogP contribution in [0.4, 0.5) is 19.0 Å². The van der Waals surface area contributed by atoms with Gasteiger partial charge in [-0.2, -0.15) is 13.2 Å². The van der Waals surface area contributed by atoms with Crippen LogP contribution in [0.25, 0.3) is 0 Å². The van der Waals surface area contributed by atoms with E-state index >= 15 is 0 Å². The van der Waals surface area contributed by atoms with Gasteiger partial charge in [0, 0.05) is 32.4 Å². The fourth-order valence-electron chi connectivity index (χ4n) is 3.03. The van der Waals surface area contributed by atoms with E-state index in [9.17, 15) is 18.0 Å². The number of carbonyl (C=O) groups excluding carboxylic acids is 1. The second-order valence-corrected chi connectivity index (χ2v) is 6.63. The summed E-state index contributed by atoms with van der Waals surface area (Å²) in [6.45, 7) is 5.20. The summed E-state index contributed by atoms with van der Waals surface area (Å²) in [5.41, 5.74) is 0.212. The monoisotopic (exact) mass is 402 g/mol. The maximum atomic E-state index is 12.8. The summed E-state index contributed by atoms with van der Waals surface area (Å²) in [5.74, 6) is 0.607. The second-order valence-electron chi connectivity index (χ2n) is 6.22. The Balaban J connectivity index is 1.70. The van der Waals surface area contributed by atoms with Gasteiger partial charge >= 0.3 is 6.18 Å². The molecule has 2 aromatic heterocycles. The number of alkyl halides is 3. The van der Waals surface area contributed by atoms with Gasteiger partial charge in [0.1, 0.15) is 17.1 Å². The van der Waals surface area contributed by atoms with Crippen molar-refractivity contribution in [3.05, 3.63) is 39.9 Å². The number of aryl methyl sites for hydroxylation is 2. The van der Waals surface area contributed by atoms with Crippen LogP contribution in [0.1, 0.15) is 34.3 Å². The van der Waals surface area contributed by atoms with Crippen LogP contribution in [0, 0.1) is 6.92 Å². The standard InChI is InChI=1S/C17H18ClF3N4O2/c1-3-13-14(10(2)27-23-13)16(26)25-6-4-24(5-7-25)15-12(18)8-11(9-22-15)17(19,20)21/h8-9H,3-7H2,1-2H3. The predicted octanol–water partition coefficient (Wildman–Crippen LogP) is 3.58. The van der Waals surface area contributed by atoms with E-state index in [2.05, 4.69) is 10.1 Å². The molecule has 0 saturated carbocycles. The Morgan fingerprint density at radius 3 is 2.52 bits per heavy atom. The van der Waals surface area contributed by atoms with Crippen LogP contribution in [0.2, 0.25) is 5.02 Å². The Morgan fingerprint density at radius 1 is 1.30 bits per heavy atom. The molecule has 0 aromatic carbocycles. The summed E-state index contributed by atoms with van der Waals surface area (Å²) in [6, 6.07) is 0.870. The van der Waals surface area contributed by atoms with E-state index < -0.39 is 11.7 Å². The van der Waals surface area contributed by atoms with Crippen LogP contribution >= 0.6 is 11.6 Å². The second kappa shape index (κ2) is 7.38. The van der Waals surface area contributed by atoms with Crippen LogP contribution in [0.3, 0.4) is 0 Å². The molecule has 0 aliphatic carbocycles. The summed E-state index contributed by atoms with van der Waals surface area (Å²) in [5, 5.41) is 3.84. The van der Waals surface area contributed by atoms with Crippen LogP contribution < -0.4 is 4.90 Å². The lowest BCUT2D eigenvalue weighted by molar-refractivity contribution is -0.137. The smallest absolute Gasteiger partial charge is 0.361 e. The highest BCUT2D eigenvalue weighted by Crippen LogP contribution is 2.33. The predicted molar refractivity (Wildman–Crippen MR) is 93.0 cm³/mol. The molecule has 2 aromatic rings. The highest BCUT2D eigenvalue weighted by atomic mass is 35.5. The Morgan fingerprint density at radius 2 is 1.96 bits per heavy atom. The van der Waals surface area contributed by atoms with Gasteiger partial charge in [-0.1, -0.05) is 23.7 Å². The Bertz CT molecular complexity index is 845. The minimum atomic E-state index is -4.49. The number of aromatic nitrogens is 2. The normalized spacial score (nSPS) is 15.3. The largest absolute Gasteiger partial charge is 0.417 e. The molecular formula is C17H18ClF3N4O2. The van der Waals surface area contributed by atoms with Crippen molar-refractivity contribution in [2.75, 3.05) is 31.1 Å². The van der Waals surface area contributed by atoms with Gasteiger partial charge in [-0.15, -0.1) is 0 Å². The third kappa shape index (κ3) is 3.87. The van der Waals surface area contributed by atoms with Crippen LogP contribution in [-0.2, 0) is 12.6 Å². The van der Waals surface area contributed by atoms with Crippen molar-refractivity contribution in [1.29, 1.82) is 0 Å². The number of pyridine rings is 1. The summed E-state index contributed by atoms with van der Waals surface area (Å²) in [6.07, 6.45) is -3.13. The fraction of sp³-hybridized carbons (Fsp3) is 0.471. The average molecular weight is 403 g/mol. The van der Waals surface area contributed by atoms with Crippen LogP contribution in [-0.4, -0.2) is 47.1 Å². The van der Waals surface area contributed by atoms with Crippen molar-refractivity contribution >= 4 is 23.3 Å². The first-order valence-corrected chi connectivity index (χ1v) is 8.82. The number of rotatable bonds is 3. The van der Waals surface area contributed by atoms with E-state index in [4.69, 9.17) is 16.1 Å². The van der Waals surface area contributed by atoms with Crippen LogP contribution in [0.5, 0.6) is 0 Å². The molecule has 0 atom stereocenters. The van der Waals surface area contributed by atoms with Crippen molar-refractivity contribution < 1.29 is 22.5 Å². The van der Waals surface area contributed by atoms with E-state index in [1.165, 1.54) is 0 Å². The molecule has 146 valence electrons. The molecule has 27 heavy (non-hydrogen) atoms. The zero-order chi connectivity index (χ0) is 19.8. The molecule has 3 rings (SSSR count). The first-order valence-electron chi connectivity index (χ1n) is 8.44. The van der Waals surface area contributed by atoms with Crippen molar-refractivity contribution in [2.45, 2.75) is 26.4 Å². The molecule has 0 spiro atoms. The third-order valence-corrected chi connectivity index (χ3v) is 4.78. The van der Waals surface area contributed by atoms with Gasteiger partial charge in [-0.05, 0) is 19.4 Å². The van der Waals surface area contributed by atoms with Gasteiger partial charge in [-0.3, -0.25) is 4.79 Å². The molecule has 1 amide bonds. The summed E-state index contributed by atoms with van der Waals surface area (Å²) in [4.78, 5) is 20.1. The topological polar surface area (TPSA) is 62.5 Å².